The van der Waals surface area contributed by atoms with E-state index in [0.717, 1.165) is 25.0 Å². The highest BCUT2D eigenvalue weighted by atomic mass is 35.5. The molecule has 2 aromatic rings. The third-order valence-electron chi connectivity index (χ3n) is 4.72. The van der Waals surface area contributed by atoms with Gasteiger partial charge in [-0.1, -0.05) is 11.6 Å². The van der Waals surface area contributed by atoms with E-state index in [2.05, 4.69) is 5.32 Å². The number of anilines is 1. The minimum Gasteiger partial charge on any atom is -0.492 e. The van der Waals surface area contributed by atoms with Crippen molar-refractivity contribution in [2.24, 2.45) is 0 Å². The highest BCUT2D eigenvalue weighted by Gasteiger charge is 2.34. The van der Waals surface area contributed by atoms with Crippen molar-refractivity contribution >= 4 is 33.2 Å². The van der Waals surface area contributed by atoms with Crippen molar-refractivity contribution in [3.63, 3.8) is 0 Å². The summed E-state index contributed by atoms with van der Waals surface area (Å²) in [6, 6.07) is 6.87. The summed E-state index contributed by atoms with van der Waals surface area (Å²) in [7, 11) is -3.89. The summed E-state index contributed by atoms with van der Waals surface area (Å²) < 4.78 is 72.0. The standard InChI is InChI=1S/C20H20ClF3N2O4S/c1-2-30-17-8-5-13(11-18(17)31(28,29)26-9-3-4-10-26)19(27)25-14-6-7-16(21)15(12-14)20(22,23)24/h5-8,11-12H,2-4,9-10H2,1H3,(H,25,27). The Morgan fingerprint density at radius 2 is 1.84 bits per heavy atom. The second-order valence-electron chi connectivity index (χ2n) is 6.85. The number of nitrogens with zero attached hydrogens (tertiary/aromatic N) is 1. The van der Waals surface area contributed by atoms with Crippen molar-refractivity contribution in [3.8, 4) is 5.75 Å². The van der Waals surface area contributed by atoms with Gasteiger partial charge in [0.2, 0.25) is 10.0 Å². The smallest absolute Gasteiger partial charge is 0.417 e. The van der Waals surface area contributed by atoms with Gasteiger partial charge >= 0.3 is 6.18 Å². The van der Waals surface area contributed by atoms with Crippen molar-refractivity contribution < 1.29 is 31.1 Å². The number of carbonyl (C=O) groups is 1. The third kappa shape index (κ3) is 5.13. The molecule has 0 radical (unpaired) electrons. The first-order valence-corrected chi connectivity index (χ1v) is 11.3. The Bertz CT molecular complexity index is 1080. The Morgan fingerprint density at radius 3 is 2.45 bits per heavy atom. The van der Waals surface area contributed by atoms with Gasteiger partial charge in [0.05, 0.1) is 17.2 Å². The maximum Gasteiger partial charge on any atom is 0.417 e. The molecule has 0 aliphatic carbocycles. The van der Waals surface area contributed by atoms with E-state index in [4.69, 9.17) is 16.3 Å². The lowest BCUT2D eigenvalue weighted by Crippen LogP contribution is -2.28. The number of benzene rings is 2. The van der Waals surface area contributed by atoms with Gasteiger partial charge < -0.3 is 10.1 Å². The van der Waals surface area contributed by atoms with E-state index >= 15 is 0 Å². The van der Waals surface area contributed by atoms with Gasteiger partial charge in [0.1, 0.15) is 10.6 Å². The number of rotatable bonds is 6. The number of ether oxygens (including phenoxy) is 1. The van der Waals surface area contributed by atoms with Crippen molar-refractivity contribution in [1.29, 1.82) is 0 Å². The Hall–Kier alpha value is -2.30. The van der Waals surface area contributed by atoms with Crippen molar-refractivity contribution in [1.82, 2.24) is 4.31 Å². The van der Waals surface area contributed by atoms with E-state index in [1.807, 2.05) is 0 Å². The van der Waals surface area contributed by atoms with Crippen molar-refractivity contribution in [3.05, 3.63) is 52.5 Å². The first-order valence-electron chi connectivity index (χ1n) is 9.49. The van der Waals surface area contributed by atoms with E-state index in [9.17, 15) is 26.4 Å². The van der Waals surface area contributed by atoms with Gasteiger partial charge in [0.15, 0.2) is 0 Å². The van der Waals surface area contributed by atoms with Gasteiger partial charge in [-0.2, -0.15) is 17.5 Å². The summed E-state index contributed by atoms with van der Waals surface area (Å²) >= 11 is 5.60. The molecular formula is C20H20ClF3N2O4S. The quantitative estimate of drug-likeness (QED) is 0.650. The second kappa shape index (κ2) is 9.05. The molecule has 0 atom stereocenters. The molecule has 0 aromatic heterocycles. The fraction of sp³-hybridized carbons (Fsp3) is 0.350. The predicted octanol–water partition coefficient (Wildman–Crippen LogP) is 4.79. The Balaban J connectivity index is 1.94. The number of alkyl halides is 3. The highest BCUT2D eigenvalue weighted by molar-refractivity contribution is 7.89. The van der Waals surface area contributed by atoms with Gasteiger partial charge in [-0.15, -0.1) is 0 Å². The normalized spacial score (nSPS) is 15.1. The van der Waals surface area contributed by atoms with E-state index in [1.54, 1.807) is 6.92 Å². The molecule has 1 N–H and O–H groups in total. The second-order valence-corrected chi connectivity index (χ2v) is 9.17. The van der Waals surface area contributed by atoms with Crippen molar-refractivity contribution in [2.45, 2.75) is 30.8 Å². The molecule has 31 heavy (non-hydrogen) atoms. The van der Waals surface area contributed by atoms with Crippen LogP contribution in [-0.2, 0) is 16.2 Å². The number of hydrogen-bond donors (Lipinski definition) is 1. The summed E-state index contributed by atoms with van der Waals surface area (Å²) in [5, 5.41) is 1.86. The van der Waals surface area contributed by atoms with Gasteiger partial charge in [0.25, 0.3) is 5.91 Å². The zero-order chi connectivity index (χ0) is 22.8. The van der Waals surface area contributed by atoms with Crippen LogP contribution in [0.2, 0.25) is 5.02 Å². The average molecular weight is 477 g/mol. The van der Waals surface area contributed by atoms with Crippen LogP contribution < -0.4 is 10.1 Å². The molecule has 0 saturated carbocycles. The molecule has 1 saturated heterocycles. The predicted molar refractivity (Wildman–Crippen MR) is 110 cm³/mol. The zero-order valence-electron chi connectivity index (χ0n) is 16.5. The Morgan fingerprint density at radius 1 is 1.16 bits per heavy atom. The van der Waals surface area contributed by atoms with Crippen LogP contribution in [0.1, 0.15) is 35.7 Å². The van der Waals surface area contributed by atoms with Crippen LogP contribution in [0, 0.1) is 0 Å². The summed E-state index contributed by atoms with van der Waals surface area (Å²) in [6.07, 6.45) is -3.21. The monoisotopic (exact) mass is 476 g/mol. The summed E-state index contributed by atoms with van der Waals surface area (Å²) in [4.78, 5) is 12.5. The lowest BCUT2D eigenvalue weighted by molar-refractivity contribution is -0.137. The summed E-state index contributed by atoms with van der Waals surface area (Å²) in [6.45, 7) is 2.66. The van der Waals surface area contributed by atoms with Crippen LogP contribution in [0.4, 0.5) is 18.9 Å². The summed E-state index contributed by atoms with van der Waals surface area (Å²) in [5.41, 5.74) is -1.25. The molecule has 0 unspecified atom stereocenters. The largest absolute Gasteiger partial charge is 0.492 e. The van der Waals surface area contributed by atoms with Crippen LogP contribution in [0.25, 0.3) is 0 Å². The van der Waals surface area contributed by atoms with E-state index < -0.39 is 32.7 Å². The van der Waals surface area contributed by atoms with Crippen LogP contribution in [0.3, 0.4) is 0 Å². The Labute approximate surface area is 183 Å². The molecule has 6 nitrogen and oxygen atoms in total. The molecule has 1 amide bonds. The topological polar surface area (TPSA) is 75.7 Å². The summed E-state index contributed by atoms with van der Waals surface area (Å²) in [5.74, 6) is -0.659. The minimum absolute atomic E-state index is 0.0373. The molecule has 1 heterocycles. The van der Waals surface area contributed by atoms with Crippen LogP contribution in [0.15, 0.2) is 41.3 Å². The van der Waals surface area contributed by atoms with E-state index in [0.29, 0.717) is 13.1 Å². The Kier molecular flexibility index (Phi) is 6.82. The van der Waals surface area contributed by atoms with Crippen molar-refractivity contribution in [2.75, 3.05) is 25.0 Å². The number of sulfonamides is 1. The van der Waals surface area contributed by atoms with E-state index in [-0.39, 0.29) is 28.5 Å². The lowest BCUT2D eigenvalue weighted by atomic mass is 10.1. The first-order chi connectivity index (χ1) is 14.5. The van der Waals surface area contributed by atoms with Gasteiger partial charge in [0, 0.05) is 24.3 Å². The molecule has 11 heteroatoms. The van der Waals surface area contributed by atoms with Crippen LogP contribution in [0.5, 0.6) is 5.75 Å². The molecule has 0 bridgehead atoms. The maximum absolute atomic E-state index is 13.1. The number of hydrogen-bond acceptors (Lipinski definition) is 4. The fourth-order valence-corrected chi connectivity index (χ4v) is 5.12. The maximum atomic E-state index is 13.1. The number of nitrogens with one attached hydrogen (secondary N) is 1. The SMILES string of the molecule is CCOc1ccc(C(=O)Nc2ccc(Cl)c(C(F)(F)F)c2)cc1S(=O)(=O)N1CCCC1. The fourth-order valence-electron chi connectivity index (χ4n) is 3.22. The lowest BCUT2D eigenvalue weighted by Gasteiger charge is -2.19. The molecule has 1 aliphatic rings. The zero-order valence-corrected chi connectivity index (χ0v) is 18.1. The molecule has 0 spiro atoms. The number of carbonyl (C=O) groups excluding carboxylic acids is 1. The molecule has 1 aliphatic heterocycles. The molecule has 3 rings (SSSR count). The van der Waals surface area contributed by atoms with Gasteiger partial charge in [-0.05, 0) is 56.2 Å². The van der Waals surface area contributed by atoms with E-state index in [1.165, 1.54) is 28.6 Å². The highest BCUT2D eigenvalue weighted by Crippen LogP contribution is 2.36. The minimum atomic E-state index is -4.69. The first kappa shape index (κ1) is 23.4. The van der Waals surface area contributed by atoms with Gasteiger partial charge in [-0.25, -0.2) is 8.42 Å². The van der Waals surface area contributed by atoms with Gasteiger partial charge in [-0.3, -0.25) is 4.79 Å². The van der Waals surface area contributed by atoms with Crippen LogP contribution >= 0.6 is 11.6 Å². The number of amides is 1. The molecule has 2 aromatic carbocycles. The average Bonchev–Trinajstić information content (AvgIpc) is 3.25. The third-order valence-corrected chi connectivity index (χ3v) is 6.97. The molecule has 168 valence electrons. The number of halogens is 4. The van der Waals surface area contributed by atoms with Crippen LogP contribution in [-0.4, -0.2) is 38.3 Å². The molecular weight excluding hydrogens is 457 g/mol. The molecule has 1 fully saturated rings.